The average molecular weight is 279 g/mol. The van der Waals surface area contributed by atoms with E-state index >= 15 is 0 Å². The number of aliphatic hydroxyl groups is 1. The van der Waals surface area contributed by atoms with Gasteiger partial charge in [-0.05, 0) is 18.4 Å². The minimum atomic E-state index is -0.583. The molecule has 0 radical (unpaired) electrons. The van der Waals surface area contributed by atoms with Crippen molar-refractivity contribution in [2.45, 2.75) is 44.1 Å². The van der Waals surface area contributed by atoms with Gasteiger partial charge in [-0.2, -0.15) is 0 Å². The van der Waals surface area contributed by atoms with Crippen molar-refractivity contribution in [3.8, 4) is 0 Å². The molecule has 0 aromatic heterocycles. The van der Waals surface area contributed by atoms with Crippen molar-refractivity contribution < 1.29 is 14.6 Å². The molecule has 1 aliphatic heterocycles. The van der Waals surface area contributed by atoms with Crippen LogP contribution in [0.5, 0.6) is 0 Å². The van der Waals surface area contributed by atoms with Gasteiger partial charge < -0.3 is 14.6 Å². The van der Waals surface area contributed by atoms with Crippen molar-refractivity contribution in [1.82, 2.24) is 5.32 Å². The Hall–Kier alpha value is -0.940. The normalized spacial score (nSPS) is 27.6. The highest BCUT2D eigenvalue weighted by Crippen LogP contribution is 2.33. The number of benzene rings is 1. The fourth-order valence-electron chi connectivity index (χ4n) is 2.84. The van der Waals surface area contributed by atoms with Gasteiger partial charge in [-0.1, -0.05) is 37.3 Å². The maximum atomic E-state index is 10.5. The zero-order chi connectivity index (χ0) is 14.4. The van der Waals surface area contributed by atoms with Crippen LogP contribution >= 0.6 is 0 Å². The summed E-state index contributed by atoms with van der Waals surface area (Å²) in [5.74, 6) is 0. The molecule has 0 spiro atoms. The third-order valence-electron chi connectivity index (χ3n) is 3.88. The van der Waals surface area contributed by atoms with Crippen molar-refractivity contribution in [3.63, 3.8) is 0 Å². The molecule has 0 aliphatic carbocycles. The van der Waals surface area contributed by atoms with E-state index in [-0.39, 0.29) is 6.10 Å². The molecule has 3 atom stereocenters. The zero-order valence-electron chi connectivity index (χ0n) is 12.3. The highest BCUT2D eigenvalue weighted by atomic mass is 16.6. The molecule has 1 fully saturated rings. The molecule has 0 saturated carbocycles. The third-order valence-corrected chi connectivity index (χ3v) is 3.88. The van der Waals surface area contributed by atoms with Gasteiger partial charge in [0.1, 0.15) is 11.8 Å². The Balaban J connectivity index is 2.11. The van der Waals surface area contributed by atoms with E-state index in [4.69, 9.17) is 9.47 Å². The SMILES string of the molecule is CCCOC1(CC(O)c2ccccc2)NCCC1OC. The highest BCUT2D eigenvalue weighted by molar-refractivity contribution is 5.18. The van der Waals surface area contributed by atoms with E-state index < -0.39 is 11.8 Å². The Morgan fingerprint density at radius 1 is 1.40 bits per heavy atom. The number of rotatable bonds is 7. The second-order valence-corrected chi connectivity index (χ2v) is 5.31. The van der Waals surface area contributed by atoms with Gasteiger partial charge in [0.05, 0.1) is 6.10 Å². The van der Waals surface area contributed by atoms with Crippen molar-refractivity contribution in [2.24, 2.45) is 0 Å². The molecule has 0 amide bonds. The van der Waals surface area contributed by atoms with Crippen molar-refractivity contribution in [3.05, 3.63) is 35.9 Å². The molecule has 3 unspecified atom stereocenters. The smallest absolute Gasteiger partial charge is 0.148 e. The summed E-state index contributed by atoms with van der Waals surface area (Å²) in [4.78, 5) is 0. The number of hydrogen-bond donors (Lipinski definition) is 2. The van der Waals surface area contributed by atoms with Crippen LogP contribution in [-0.2, 0) is 9.47 Å². The lowest BCUT2D eigenvalue weighted by Gasteiger charge is -2.36. The Bertz CT molecular complexity index is 398. The Labute approximate surface area is 121 Å². The predicted molar refractivity (Wildman–Crippen MR) is 78.4 cm³/mol. The fourth-order valence-corrected chi connectivity index (χ4v) is 2.84. The number of aliphatic hydroxyl groups excluding tert-OH is 1. The van der Waals surface area contributed by atoms with Crippen LogP contribution in [-0.4, -0.2) is 37.2 Å². The summed E-state index contributed by atoms with van der Waals surface area (Å²) >= 11 is 0. The first-order valence-electron chi connectivity index (χ1n) is 7.36. The van der Waals surface area contributed by atoms with Crippen LogP contribution in [0.1, 0.15) is 37.9 Å². The van der Waals surface area contributed by atoms with Crippen LogP contribution in [0.25, 0.3) is 0 Å². The van der Waals surface area contributed by atoms with Gasteiger partial charge in [-0.15, -0.1) is 0 Å². The fraction of sp³-hybridized carbons (Fsp3) is 0.625. The molecule has 4 nitrogen and oxygen atoms in total. The number of methoxy groups -OCH3 is 1. The van der Waals surface area contributed by atoms with Gasteiger partial charge in [-0.3, -0.25) is 5.32 Å². The molecule has 112 valence electrons. The lowest BCUT2D eigenvalue weighted by molar-refractivity contribution is -0.151. The first-order chi connectivity index (χ1) is 9.72. The highest BCUT2D eigenvalue weighted by Gasteiger charge is 2.45. The summed E-state index contributed by atoms with van der Waals surface area (Å²) in [6, 6.07) is 9.71. The van der Waals surface area contributed by atoms with Crippen molar-refractivity contribution in [1.29, 1.82) is 0 Å². The summed E-state index contributed by atoms with van der Waals surface area (Å²) < 4.78 is 11.6. The van der Waals surface area contributed by atoms with Crippen LogP contribution in [0.3, 0.4) is 0 Å². The molecule has 2 rings (SSSR count). The second-order valence-electron chi connectivity index (χ2n) is 5.31. The van der Waals surface area contributed by atoms with Gasteiger partial charge in [0.15, 0.2) is 0 Å². The lowest BCUT2D eigenvalue weighted by atomic mass is 9.96. The lowest BCUT2D eigenvalue weighted by Crippen LogP contribution is -2.52. The predicted octanol–water partition coefficient (Wildman–Crippen LogP) is 2.24. The quantitative estimate of drug-likeness (QED) is 0.803. The van der Waals surface area contributed by atoms with E-state index in [1.165, 1.54) is 0 Å². The van der Waals surface area contributed by atoms with Gasteiger partial charge in [0.2, 0.25) is 0 Å². The molecule has 1 saturated heterocycles. The monoisotopic (exact) mass is 279 g/mol. The van der Waals surface area contributed by atoms with E-state index in [0.717, 1.165) is 24.9 Å². The Morgan fingerprint density at radius 2 is 2.15 bits per heavy atom. The first kappa shape index (κ1) is 15.4. The van der Waals surface area contributed by atoms with E-state index in [2.05, 4.69) is 12.2 Å². The van der Waals surface area contributed by atoms with Gasteiger partial charge in [0.25, 0.3) is 0 Å². The van der Waals surface area contributed by atoms with E-state index in [9.17, 15) is 5.11 Å². The van der Waals surface area contributed by atoms with Gasteiger partial charge in [0, 0.05) is 26.7 Å². The Kier molecular flexibility index (Phi) is 5.54. The summed E-state index contributed by atoms with van der Waals surface area (Å²) in [6.07, 6.45) is 1.77. The average Bonchev–Trinajstić information content (AvgIpc) is 2.89. The van der Waals surface area contributed by atoms with Crippen molar-refractivity contribution in [2.75, 3.05) is 20.3 Å². The van der Waals surface area contributed by atoms with Gasteiger partial charge >= 0.3 is 0 Å². The molecule has 1 heterocycles. The van der Waals surface area contributed by atoms with Crippen LogP contribution in [0.15, 0.2) is 30.3 Å². The largest absolute Gasteiger partial charge is 0.388 e. The van der Waals surface area contributed by atoms with Crippen LogP contribution in [0.4, 0.5) is 0 Å². The molecule has 1 aromatic carbocycles. The molecular weight excluding hydrogens is 254 g/mol. The van der Waals surface area contributed by atoms with Crippen LogP contribution < -0.4 is 5.32 Å². The molecular formula is C16H25NO3. The summed E-state index contributed by atoms with van der Waals surface area (Å²) in [6.45, 7) is 3.59. The summed E-state index contributed by atoms with van der Waals surface area (Å²) in [7, 11) is 1.70. The molecule has 0 bridgehead atoms. The maximum absolute atomic E-state index is 10.5. The first-order valence-corrected chi connectivity index (χ1v) is 7.36. The second kappa shape index (κ2) is 7.18. The molecule has 1 aromatic rings. The maximum Gasteiger partial charge on any atom is 0.148 e. The number of nitrogens with one attached hydrogen (secondary N) is 1. The zero-order valence-corrected chi connectivity index (χ0v) is 12.3. The van der Waals surface area contributed by atoms with E-state index in [1.54, 1.807) is 7.11 Å². The van der Waals surface area contributed by atoms with Gasteiger partial charge in [-0.25, -0.2) is 0 Å². The number of hydrogen-bond acceptors (Lipinski definition) is 4. The van der Waals surface area contributed by atoms with Crippen LogP contribution in [0, 0.1) is 0 Å². The van der Waals surface area contributed by atoms with E-state index in [0.29, 0.717) is 13.0 Å². The third kappa shape index (κ3) is 3.38. The van der Waals surface area contributed by atoms with E-state index in [1.807, 2.05) is 30.3 Å². The van der Waals surface area contributed by atoms with Crippen molar-refractivity contribution >= 4 is 0 Å². The molecule has 20 heavy (non-hydrogen) atoms. The minimum Gasteiger partial charge on any atom is -0.388 e. The van der Waals surface area contributed by atoms with Crippen LogP contribution in [0.2, 0.25) is 0 Å². The molecule has 1 aliphatic rings. The molecule has 4 heteroatoms. The Morgan fingerprint density at radius 3 is 2.80 bits per heavy atom. The molecule has 2 N–H and O–H groups in total. The standard InChI is InChI=1S/C16H25NO3/c1-3-11-20-16(15(19-2)9-10-17-16)12-14(18)13-7-5-4-6-8-13/h4-8,14-15,17-18H,3,9-12H2,1-2H3. The minimum absolute atomic E-state index is 0.0209. The summed E-state index contributed by atoms with van der Waals surface area (Å²) in [5, 5.41) is 13.9. The summed E-state index contributed by atoms with van der Waals surface area (Å²) in [5.41, 5.74) is 0.329. The number of ether oxygens (including phenoxy) is 2. The topological polar surface area (TPSA) is 50.7 Å².